The maximum absolute atomic E-state index is 13.3. The Labute approximate surface area is 295 Å². The number of hydrogen-bond donors (Lipinski definition) is 4. The second-order valence-electron chi connectivity index (χ2n) is 13.1. The number of aromatic nitrogens is 2. The number of ether oxygens (including phenoxy) is 4. The number of nitrogens with one attached hydrogen (secondary N) is 2. The Bertz CT molecular complexity index is 1370. The number of carbonyl (C=O) groups excluding carboxylic acids is 4. The van der Waals surface area contributed by atoms with Gasteiger partial charge in [0, 0.05) is 43.2 Å². The number of carbonyl (C=O) groups is 4. The first-order valence-electron chi connectivity index (χ1n) is 17.1. The lowest BCUT2D eigenvalue weighted by molar-refractivity contribution is -0.145. The standard InChI is InChI=1S/C36H56N6O8/c1-25-20-28(49-24-32(44)29(13-7-9-16-37)41-33(45)35(2,3)47-6)21-26(40-25)15-19-50-36(4,5)34(46)42-30(14-8-10-17-38)31(43)23-48-27-12-11-18-39-22-27/h11-12,18,20-22,29-30H,7-10,13-17,19,23-24,37-38H2,1-6H3,(H,41,45)(H,42,46). The van der Waals surface area contributed by atoms with Gasteiger partial charge in [-0.3, -0.25) is 29.1 Å². The van der Waals surface area contributed by atoms with Gasteiger partial charge >= 0.3 is 0 Å². The number of rotatable bonds is 25. The van der Waals surface area contributed by atoms with Crippen LogP contribution in [0.2, 0.25) is 0 Å². The van der Waals surface area contributed by atoms with Crippen molar-refractivity contribution in [2.24, 2.45) is 11.5 Å². The molecule has 50 heavy (non-hydrogen) atoms. The second-order valence-corrected chi connectivity index (χ2v) is 13.1. The van der Waals surface area contributed by atoms with Crippen molar-refractivity contribution in [1.29, 1.82) is 0 Å². The van der Waals surface area contributed by atoms with Gasteiger partial charge in [0.1, 0.15) is 35.9 Å². The Morgan fingerprint density at radius 1 is 0.820 bits per heavy atom. The van der Waals surface area contributed by atoms with Crippen molar-refractivity contribution in [2.45, 2.75) is 103 Å². The summed E-state index contributed by atoms with van der Waals surface area (Å²) in [6.07, 6.45) is 7.07. The molecule has 278 valence electrons. The number of methoxy groups -OCH3 is 1. The quantitative estimate of drug-likeness (QED) is 0.110. The van der Waals surface area contributed by atoms with Gasteiger partial charge in [0.15, 0.2) is 11.6 Å². The SMILES string of the molecule is COC(C)(C)C(=O)NC(CCCCN)C(=O)COc1cc(C)nc(CCOC(C)(C)C(=O)NC(CCCCN)C(=O)COc2cccnc2)c1. The first-order chi connectivity index (χ1) is 23.7. The van der Waals surface area contributed by atoms with Crippen LogP contribution in [0.25, 0.3) is 0 Å². The fraction of sp³-hybridized carbons (Fsp3) is 0.611. The smallest absolute Gasteiger partial charge is 0.252 e. The van der Waals surface area contributed by atoms with Crippen LogP contribution in [-0.2, 0) is 35.1 Å². The van der Waals surface area contributed by atoms with E-state index in [1.807, 2.05) is 0 Å². The minimum atomic E-state index is -1.26. The fourth-order valence-corrected chi connectivity index (χ4v) is 4.70. The molecule has 0 aromatic carbocycles. The molecule has 2 rings (SSSR count). The van der Waals surface area contributed by atoms with E-state index in [2.05, 4.69) is 20.6 Å². The Hall–Kier alpha value is -3.98. The van der Waals surface area contributed by atoms with E-state index in [0.717, 1.165) is 6.42 Å². The molecule has 0 bridgehead atoms. The predicted octanol–water partition coefficient (Wildman–Crippen LogP) is 2.37. The number of amides is 2. The highest BCUT2D eigenvalue weighted by Gasteiger charge is 2.33. The fourth-order valence-electron chi connectivity index (χ4n) is 4.70. The Balaban J connectivity index is 1.98. The highest BCUT2D eigenvalue weighted by Crippen LogP contribution is 2.18. The van der Waals surface area contributed by atoms with Gasteiger partial charge in [-0.15, -0.1) is 0 Å². The summed E-state index contributed by atoms with van der Waals surface area (Å²) in [5.74, 6) is -0.486. The molecule has 0 aliphatic carbocycles. The Morgan fingerprint density at radius 3 is 1.90 bits per heavy atom. The molecule has 2 aromatic rings. The summed E-state index contributed by atoms with van der Waals surface area (Å²) < 4.78 is 22.7. The molecule has 0 fully saturated rings. The third-order valence-electron chi connectivity index (χ3n) is 8.08. The average molecular weight is 701 g/mol. The first-order valence-corrected chi connectivity index (χ1v) is 17.1. The molecular formula is C36H56N6O8. The molecule has 2 amide bonds. The van der Waals surface area contributed by atoms with Gasteiger partial charge in [-0.05, 0) is 98.4 Å². The van der Waals surface area contributed by atoms with E-state index in [4.69, 9.17) is 30.4 Å². The number of aryl methyl sites for hydroxylation is 1. The number of pyridine rings is 2. The van der Waals surface area contributed by atoms with E-state index in [-0.39, 0.29) is 31.4 Å². The second kappa shape index (κ2) is 21.3. The maximum Gasteiger partial charge on any atom is 0.252 e. The van der Waals surface area contributed by atoms with Gasteiger partial charge in [-0.2, -0.15) is 0 Å². The lowest BCUT2D eigenvalue weighted by atomic mass is 10.0. The van der Waals surface area contributed by atoms with Gasteiger partial charge in [0.25, 0.3) is 11.8 Å². The van der Waals surface area contributed by atoms with Crippen molar-refractivity contribution in [2.75, 3.05) is 40.0 Å². The minimum Gasteiger partial charge on any atom is -0.486 e. The number of Topliss-reactive ketones (excluding diaryl/α,β-unsaturated/α-hetero) is 2. The Morgan fingerprint density at radius 2 is 1.38 bits per heavy atom. The molecule has 0 radical (unpaired) electrons. The molecule has 2 aromatic heterocycles. The summed E-state index contributed by atoms with van der Waals surface area (Å²) in [6, 6.07) is 5.31. The molecule has 6 N–H and O–H groups in total. The van der Waals surface area contributed by atoms with Crippen molar-refractivity contribution < 1.29 is 38.1 Å². The normalized spacial score (nSPS) is 12.9. The minimum absolute atomic E-state index is 0.148. The van der Waals surface area contributed by atoms with Crippen LogP contribution in [0.5, 0.6) is 11.5 Å². The van der Waals surface area contributed by atoms with E-state index in [9.17, 15) is 19.2 Å². The van der Waals surface area contributed by atoms with E-state index in [1.165, 1.54) is 13.3 Å². The van der Waals surface area contributed by atoms with Gasteiger partial charge < -0.3 is 41.0 Å². The molecule has 0 saturated carbocycles. The van der Waals surface area contributed by atoms with Crippen LogP contribution in [0, 0.1) is 6.92 Å². The van der Waals surface area contributed by atoms with Crippen molar-refractivity contribution in [1.82, 2.24) is 20.6 Å². The lowest BCUT2D eigenvalue weighted by Crippen LogP contribution is -2.51. The van der Waals surface area contributed by atoms with Crippen molar-refractivity contribution in [3.05, 3.63) is 48.0 Å². The topological polar surface area (TPSA) is 207 Å². The first kappa shape index (κ1) is 42.2. The third-order valence-corrected chi connectivity index (χ3v) is 8.08. The van der Waals surface area contributed by atoms with E-state index < -0.39 is 35.1 Å². The zero-order chi connectivity index (χ0) is 37.2. The Kier molecular flexibility index (Phi) is 18.0. The van der Waals surface area contributed by atoms with Crippen molar-refractivity contribution in [3.8, 4) is 11.5 Å². The molecule has 2 unspecified atom stereocenters. The third kappa shape index (κ3) is 14.9. The highest BCUT2D eigenvalue weighted by atomic mass is 16.5. The van der Waals surface area contributed by atoms with E-state index >= 15 is 0 Å². The van der Waals surface area contributed by atoms with Gasteiger partial charge in [0.2, 0.25) is 0 Å². The monoisotopic (exact) mass is 700 g/mol. The van der Waals surface area contributed by atoms with Crippen LogP contribution in [-0.4, -0.2) is 96.7 Å². The summed E-state index contributed by atoms with van der Waals surface area (Å²) in [4.78, 5) is 60.7. The van der Waals surface area contributed by atoms with Gasteiger partial charge in [-0.1, -0.05) is 0 Å². The average Bonchev–Trinajstić information content (AvgIpc) is 3.08. The highest BCUT2D eigenvalue weighted by molar-refractivity contribution is 5.93. The van der Waals surface area contributed by atoms with E-state index in [1.54, 1.807) is 65.1 Å². The predicted molar refractivity (Wildman–Crippen MR) is 189 cm³/mol. The molecule has 2 atom stereocenters. The molecule has 0 aliphatic heterocycles. The maximum atomic E-state index is 13.3. The van der Waals surface area contributed by atoms with Gasteiger partial charge in [-0.25, -0.2) is 0 Å². The molecule has 0 saturated heterocycles. The van der Waals surface area contributed by atoms with Crippen LogP contribution >= 0.6 is 0 Å². The van der Waals surface area contributed by atoms with Crippen molar-refractivity contribution >= 4 is 23.4 Å². The van der Waals surface area contributed by atoms with Crippen LogP contribution in [0.1, 0.15) is 77.6 Å². The summed E-state index contributed by atoms with van der Waals surface area (Å²) >= 11 is 0. The number of hydrogen-bond acceptors (Lipinski definition) is 12. The number of unbranched alkanes of at least 4 members (excludes halogenated alkanes) is 2. The zero-order valence-corrected chi connectivity index (χ0v) is 30.4. The molecule has 14 nitrogen and oxygen atoms in total. The summed E-state index contributed by atoms with van der Waals surface area (Å²) in [7, 11) is 1.44. The zero-order valence-electron chi connectivity index (χ0n) is 30.4. The molecule has 0 aliphatic rings. The summed E-state index contributed by atoms with van der Waals surface area (Å²) in [6.45, 7) is 8.97. The van der Waals surface area contributed by atoms with Crippen molar-refractivity contribution in [3.63, 3.8) is 0 Å². The molecule has 0 spiro atoms. The summed E-state index contributed by atoms with van der Waals surface area (Å²) in [5, 5.41) is 5.63. The largest absolute Gasteiger partial charge is 0.486 e. The summed E-state index contributed by atoms with van der Waals surface area (Å²) in [5.41, 5.74) is 10.2. The van der Waals surface area contributed by atoms with Crippen LogP contribution < -0.4 is 31.6 Å². The van der Waals surface area contributed by atoms with Crippen LogP contribution in [0.15, 0.2) is 36.7 Å². The molecular weight excluding hydrogens is 644 g/mol. The van der Waals surface area contributed by atoms with Crippen LogP contribution in [0.3, 0.4) is 0 Å². The lowest BCUT2D eigenvalue weighted by Gasteiger charge is -2.27. The number of ketones is 2. The molecule has 14 heteroatoms. The van der Waals surface area contributed by atoms with Gasteiger partial charge in [0.05, 0.1) is 24.9 Å². The molecule has 2 heterocycles. The number of nitrogens with zero attached hydrogens (tertiary/aromatic N) is 2. The number of nitrogens with two attached hydrogens (primary N) is 2. The van der Waals surface area contributed by atoms with Crippen LogP contribution in [0.4, 0.5) is 0 Å². The van der Waals surface area contributed by atoms with E-state index in [0.29, 0.717) is 74.5 Å².